The summed E-state index contributed by atoms with van der Waals surface area (Å²) in [5.74, 6) is 0.412. The Hall–Kier alpha value is -2.28. The maximum atomic E-state index is 13.6. The highest BCUT2D eigenvalue weighted by atomic mass is 19.1. The van der Waals surface area contributed by atoms with Crippen LogP contribution in [0.3, 0.4) is 0 Å². The Bertz CT molecular complexity index is 643. The number of amides is 1. The van der Waals surface area contributed by atoms with Gasteiger partial charge in [0.25, 0.3) is 0 Å². The summed E-state index contributed by atoms with van der Waals surface area (Å²) >= 11 is 0. The van der Waals surface area contributed by atoms with E-state index in [9.17, 15) is 9.18 Å². The Morgan fingerprint density at radius 2 is 2.19 bits per heavy atom. The number of carbonyl (C=O) groups is 1. The van der Waals surface area contributed by atoms with Crippen molar-refractivity contribution in [2.45, 2.75) is 18.9 Å². The minimum atomic E-state index is -0.361. The van der Waals surface area contributed by atoms with Gasteiger partial charge in [0.1, 0.15) is 5.82 Å². The lowest BCUT2D eigenvalue weighted by Crippen LogP contribution is -2.53. The van der Waals surface area contributed by atoms with Crippen molar-refractivity contribution in [3.05, 3.63) is 47.4 Å². The Labute approximate surface area is 120 Å². The number of aromatic nitrogens is 2. The normalized spacial score (nSPS) is 18.5. The molecule has 0 bridgehead atoms. The molecule has 110 valence electrons. The summed E-state index contributed by atoms with van der Waals surface area (Å²) < 4.78 is 18.7. The van der Waals surface area contributed by atoms with Crippen LogP contribution in [0.2, 0.25) is 0 Å². The third-order valence-electron chi connectivity index (χ3n) is 3.33. The Balaban J connectivity index is 1.66. The van der Waals surface area contributed by atoms with E-state index < -0.39 is 0 Å². The lowest BCUT2D eigenvalue weighted by atomic mass is 10.1. The van der Waals surface area contributed by atoms with Crippen LogP contribution in [0.15, 0.2) is 28.8 Å². The quantitative estimate of drug-likeness (QED) is 0.853. The summed E-state index contributed by atoms with van der Waals surface area (Å²) in [4.78, 5) is 15.8. The van der Waals surface area contributed by atoms with Gasteiger partial charge in [-0.05, 0) is 11.6 Å². The minimum absolute atomic E-state index is 0.0740. The molecule has 3 rings (SSSR count). The van der Waals surface area contributed by atoms with Crippen molar-refractivity contribution in [3.8, 4) is 0 Å². The molecule has 1 aliphatic heterocycles. The van der Waals surface area contributed by atoms with Crippen molar-refractivity contribution in [1.29, 1.82) is 0 Å². The lowest BCUT2D eigenvalue weighted by molar-refractivity contribution is -0.124. The van der Waals surface area contributed by atoms with Crippen molar-refractivity contribution >= 4 is 5.91 Å². The first kappa shape index (κ1) is 13.7. The number of carbonyl (C=O) groups excluding carboxylic acids is 1. The van der Waals surface area contributed by atoms with Crippen LogP contribution < -0.4 is 10.6 Å². The molecule has 0 radical (unpaired) electrons. The van der Waals surface area contributed by atoms with Gasteiger partial charge in [-0.25, -0.2) is 4.39 Å². The molecule has 0 spiro atoms. The average Bonchev–Trinajstić information content (AvgIpc) is 2.91. The van der Waals surface area contributed by atoms with Crippen LogP contribution in [0.5, 0.6) is 0 Å². The lowest BCUT2D eigenvalue weighted by Gasteiger charge is -2.21. The van der Waals surface area contributed by atoms with Crippen molar-refractivity contribution in [2.24, 2.45) is 0 Å². The first-order valence-electron chi connectivity index (χ1n) is 6.78. The number of rotatable bonds is 4. The first-order valence-corrected chi connectivity index (χ1v) is 6.78. The highest BCUT2D eigenvalue weighted by Gasteiger charge is 2.24. The van der Waals surface area contributed by atoms with Gasteiger partial charge < -0.3 is 15.2 Å². The van der Waals surface area contributed by atoms with Gasteiger partial charge in [-0.1, -0.05) is 23.4 Å². The number of nitrogens with zero attached hydrogens (tertiary/aromatic N) is 2. The second-order valence-electron chi connectivity index (χ2n) is 4.87. The van der Waals surface area contributed by atoms with Crippen molar-refractivity contribution in [1.82, 2.24) is 20.8 Å². The van der Waals surface area contributed by atoms with Crippen molar-refractivity contribution in [2.75, 3.05) is 13.1 Å². The zero-order valence-corrected chi connectivity index (χ0v) is 11.3. The van der Waals surface area contributed by atoms with Crippen LogP contribution in [0.4, 0.5) is 4.39 Å². The molecule has 2 aromatic rings. The maximum absolute atomic E-state index is 13.6. The Kier molecular flexibility index (Phi) is 3.92. The number of piperazine rings is 1. The summed E-state index contributed by atoms with van der Waals surface area (Å²) in [5.41, 5.74) is 0.512. The minimum Gasteiger partial charge on any atom is -0.353 e. The summed E-state index contributed by atoms with van der Waals surface area (Å²) in [6.45, 7) is 1.34. The molecule has 7 heteroatoms. The Morgan fingerprint density at radius 1 is 1.33 bits per heavy atom. The van der Waals surface area contributed by atoms with Crippen LogP contribution >= 0.6 is 0 Å². The second-order valence-corrected chi connectivity index (χ2v) is 4.87. The van der Waals surface area contributed by atoms with E-state index in [0.717, 1.165) is 0 Å². The van der Waals surface area contributed by atoms with Gasteiger partial charge in [0.15, 0.2) is 5.82 Å². The standard InChI is InChI=1S/C14H15FN4O2/c15-10-4-2-1-3-9(10)7-12-18-13(21-19-12)8-11-14(20)17-6-5-16-11/h1-4,11,16H,5-8H2,(H,17,20). The molecule has 1 unspecified atom stereocenters. The molecule has 1 fully saturated rings. The van der Waals surface area contributed by atoms with E-state index in [1.165, 1.54) is 6.07 Å². The van der Waals surface area contributed by atoms with Crippen LogP contribution in [0.25, 0.3) is 0 Å². The fourth-order valence-corrected chi connectivity index (χ4v) is 2.24. The first-order chi connectivity index (χ1) is 10.2. The third kappa shape index (κ3) is 3.25. The fraction of sp³-hybridized carbons (Fsp3) is 0.357. The molecule has 1 aromatic carbocycles. The topological polar surface area (TPSA) is 80.0 Å². The molecular weight excluding hydrogens is 275 g/mol. The maximum Gasteiger partial charge on any atom is 0.237 e. The highest BCUT2D eigenvalue weighted by Crippen LogP contribution is 2.12. The molecule has 1 saturated heterocycles. The van der Waals surface area contributed by atoms with Crippen molar-refractivity contribution in [3.63, 3.8) is 0 Å². The van der Waals surface area contributed by atoms with E-state index in [2.05, 4.69) is 20.8 Å². The smallest absolute Gasteiger partial charge is 0.237 e. The van der Waals surface area contributed by atoms with Gasteiger partial charge in [-0.3, -0.25) is 4.79 Å². The van der Waals surface area contributed by atoms with Crippen molar-refractivity contribution < 1.29 is 13.7 Å². The Morgan fingerprint density at radius 3 is 3.00 bits per heavy atom. The number of nitrogens with one attached hydrogen (secondary N) is 2. The predicted octanol–water partition coefficient (Wildman–Crippen LogP) is 0.430. The second kappa shape index (κ2) is 6.01. The third-order valence-corrected chi connectivity index (χ3v) is 3.33. The average molecular weight is 290 g/mol. The van der Waals surface area contributed by atoms with E-state index in [0.29, 0.717) is 36.8 Å². The van der Waals surface area contributed by atoms with E-state index in [-0.39, 0.29) is 24.2 Å². The zero-order chi connectivity index (χ0) is 14.7. The van der Waals surface area contributed by atoms with Crippen LogP contribution in [0.1, 0.15) is 17.3 Å². The van der Waals surface area contributed by atoms with Crippen LogP contribution in [0, 0.1) is 5.82 Å². The highest BCUT2D eigenvalue weighted by molar-refractivity contribution is 5.82. The molecule has 2 N–H and O–H groups in total. The monoisotopic (exact) mass is 290 g/mol. The van der Waals surface area contributed by atoms with E-state index in [1.54, 1.807) is 18.2 Å². The molecule has 1 aromatic heterocycles. The molecule has 0 saturated carbocycles. The molecule has 21 heavy (non-hydrogen) atoms. The largest absolute Gasteiger partial charge is 0.353 e. The SMILES string of the molecule is O=C1NCCNC1Cc1nc(Cc2ccccc2F)no1. The molecule has 1 atom stereocenters. The van der Waals surface area contributed by atoms with Crippen LogP contribution in [-0.2, 0) is 17.6 Å². The number of halogens is 1. The van der Waals surface area contributed by atoms with Crippen LogP contribution in [-0.4, -0.2) is 35.2 Å². The zero-order valence-electron chi connectivity index (χ0n) is 11.3. The van der Waals surface area contributed by atoms with E-state index in [4.69, 9.17) is 4.52 Å². The predicted molar refractivity (Wildman–Crippen MR) is 72.0 cm³/mol. The van der Waals surface area contributed by atoms with Gasteiger partial charge in [0, 0.05) is 19.5 Å². The molecular formula is C14H15FN4O2. The van der Waals surface area contributed by atoms with Gasteiger partial charge in [-0.2, -0.15) is 4.98 Å². The van der Waals surface area contributed by atoms with Gasteiger partial charge in [0.05, 0.1) is 12.5 Å². The summed E-state index contributed by atoms with van der Waals surface area (Å²) in [6, 6.07) is 6.11. The van der Waals surface area contributed by atoms with Gasteiger partial charge in [-0.15, -0.1) is 0 Å². The molecule has 6 nitrogen and oxygen atoms in total. The van der Waals surface area contributed by atoms with E-state index >= 15 is 0 Å². The van der Waals surface area contributed by atoms with Gasteiger partial charge >= 0.3 is 0 Å². The summed E-state index contributed by atoms with van der Waals surface area (Å²) in [7, 11) is 0. The number of benzene rings is 1. The number of hydrogen-bond acceptors (Lipinski definition) is 5. The molecule has 0 aliphatic carbocycles. The fourth-order valence-electron chi connectivity index (χ4n) is 2.24. The molecule has 1 aliphatic rings. The van der Waals surface area contributed by atoms with E-state index in [1.807, 2.05) is 0 Å². The number of hydrogen-bond donors (Lipinski definition) is 2. The molecule has 1 amide bonds. The molecule has 2 heterocycles. The van der Waals surface area contributed by atoms with Gasteiger partial charge in [0.2, 0.25) is 11.8 Å². The summed E-state index contributed by atoms with van der Waals surface area (Å²) in [5, 5.41) is 9.68. The summed E-state index contributed by atoms with van der Waals surface area (Å²) in [6.07, 6.45) is 0.594.